The van der Waals surface area contributed by atoms with E-state index in [-0.39, 0.29) is 18.9 Å². The molecule has 1 N–H and O–H groups in total. The van der Waals surface area contributed by atoms with Gasteiger partial charge >= 0.3 is 0 Å². The number of rotatable bonds is 12. The van der Waals surface area contributed by atoms with Crippen molar-refractivity contribution in [2.45, 2.75) is 32.4 Å². The monoisotopic (exact) mass is 667 g/mol. The van der Waals surface area contributed by atoms with Gasteiger partial charge in [-0.05, 0) is 76.5 Å². The molecule has 1 atom stereocenters. The van der Waals surface area contributed by atoms with Crippen LogP contribution in [-0.2, 0) is 32.6 Å². The van der Waals surface area contributed by atoms with Crippen molar-refractivity contribution in [2.75, 3.05) is 23.7 Å². The Morgan fingerprint density at radius 2 is 1.58 bits per heavy atom. The van der Waals surface area contributed by atoms with Crippen LogP contribution in [0.2, 0.25) is 5.02 Å². The molecule has 0 saturated carbocycles. The van der Waals surface area contributed by atoms with Gasteiger partial charge in [-0.1, -0.05) is 61.0 Å². The zero-order valence-electron chi connectivity index (χ0n) is 21.3. The predicted octanol–water partition coefficient (Wildman–Crippen LogP) is 4.88. The summed E-state index contributed by atoms with van der Waals surface area (Å²) >= 11 is 8.20. The summed E-state index contributed by atoms with van der Waals surface area (Å²) in [7, 11) is -3.79. The number of nitrogens with zero attached hydrogens (tertiary/aromatic N) is 2. The van der Waals surface area contributed by atoms with E-state index >= 15 is 0 Å². The van der Waals surface area contributed by atoms with Crippen molar-refractivity contribution in [3.8, 4) is 0 Å². The fraction of sp³-hybridized carbons (Fsp3) is 0.286. The first-order valence-electron chi connectivity index (χ1n) is 12.2. The first-order chi connectivity index (χ1) is 18.1. The average molecular weight is 668 g/mol. The molecular weight excluding hydrogens is 637 g/mol. The van der Waals surface area contributed by atoms with Crippen LogP contribution in [0.5, 0.6) is 0 Å². The van der Waals surface area contributed by atoms with Crippen LogP contribution in [0.3, 0.4) is 0 Å². The molecule has 0 aromatic heterocycles. The third-order valence-corrected chi connectivity index (χ3v) is 7.99. The van der Waals surface area contributed by atoms with Crippen molar-refractivity contribution in [2.24, 2.45) is 0 Å². The topological polar surface area (TPSA) is 86.8 Å². The Bertz CT molecular complexity index is 1320. The molecule has 3 rings (SSSR count). The van der Waals surface area contributed by atoms with Gasteiger partial charge < -0.3 is 10.2 Å². The number of hydrogen-bond donors (Lipinski definition) is 1. The molecule has 3 aromatic rings. The van der Waals surface area contributed by atoms with E-state index in [4.69, 9.17) is 11.6 Å². The lowest BCUT2D eigenvalue weighted by Gasteiger charge is -2.33. The first kappa shape index (κ1) is 29.9. The summed E-state index contributed by atoms with van der Waals surface area (Å²) in [4.78, 5) is 28.8. The average Bonchev–Trinajstić information content (AvgIpc) is 2.89. The number of carbonyl (C=O) groups is 2. The van der Waals surface area contributed by atoms with Crippen molar-refractivity contribution in [3.05, 3.63) is 98.6 Å². The first-order valence-corrected chi connectivity index (χ1v) is 15.5. The molecule has 2 amide bonds. The molecule has 0 aliphatic carbocycles. The van der Waals surface area contributed by atoms with Crippen LogP contribution in [0.25, 0.3) is 0 Å². The largest absolute Gasteiger partial charge is 0.354 e. The van der Waals surface area contributed by atoms with Gasteiger partial charge in [0.05, 0.1) is 11.9 Å². The number of amides is 2. The van der Waals surface area contributed by atoms with Gasteiger partial charge in [0.15, 0.2) is 0 Å². The van der Waals surface area contributed by atoms with E-state index in [2.05, 4.69) is 27.9 Å². The summed E-state index contributed by atoms with van der Waals surface area (Å²) in [5.41, 5.74) is 2.03. The van der Waals surface area contributed by atoms with E-state index in [1.165, 1.54) is 4.90 Å². The summed E-state index contributed by atoms with van der Waals surface area (Å²) in [6.07, 6.45) is 2.08. The van der Waals surface area contributed by atoms with E-state index in [0.29, 0.717) is 17.3 Å². The van der Waals surface area contributed by atoms with Crippen LogP contribution in [0.1, 0.15) is 24.5 Å². The highest BCUT2D eigenvalue weighted by Gasteiger charge is 2.32. The summed E-state index contributed by atoms with van der Waals surface area (Å²) in [6.45, 7) is 2.08. The third-order valence-electron chi connectivity index (χ3n) is 5.88. The summed E-state index contributed by atoms with van der Waals surface area (Å²) < 4.78 is 27.5. The second-order valence-electron chi connectivity index (χ2n) is 8.89. The minimum atomic E-state index is -3.79. The summed E-state index contributed by atoms with van der Waals surface area (Å²) in [5.74, 6) is -0.783. The van der Waals surface area contributed by atoms with E-state index in [1.807, 2.05) is 37.3 Å². The number of benzene rings is 3. The fourth-order valence-electron chi connectivity index (χ4n) is 3.93. The highest BCUT2D eigenvalue weighted by Crippen LogP contribution is 2.22. The van der Waals surface area contributed by atoms with Crippen molar-refractivity contribution < 1.29 is 18.0 Å². The Balaban J connectivity index is 2.02. The lowest BCUT2D eigenvalue weighted by Crippen LogP contribution is -2.53. The molecule has 0 spiro atoms. The van der Waals surface area contributed by atoms with Gasteiger partial charge in [0.2, 0.25) is 21.8 Å². The van der Waals surface area contributed by atoms with E-state index in [1.54, 1.807) is 48.5 Å². The van der Waals surface area contributed by atoms with E-state index < -0.39 is 28.5 Å². The Morgan fingerprint density at radius 3 is 2.16 bits per heavy atom. The maximum absolute atomic E-state index is 13.9. The molecule has 0 fully saturated rings. The number of halogens is 2. The zero-order valence-corrected chi connectivity index (χ0v) is 25.0. The molecule has 7 nitrogen and oxygen atoms in total. The summed E-state index contributed by atoms with van der Waals surface area (Å²) in [6, 6.07) is 22.5. The maximum Gasteiger partial charge on any atom is 0.244 e. The second-order valence-corrected chi connectivity index (χ2v) is 12.5. The second kappa shape index (κ2) is 14.0. The minimum Gasteiger partial charge on any atom is -0.354 e. The number of carbonyl (C=O) groups excluding carboxylic acids is 2. The molecule has 0 aliphatic heterocycles. The van der Waals surface area contributed by atoms with Crippen LogP contribution >= 0.6 is 34.2 Å². The van der Waals surface area contributed by atoms with E-state index in [0.717, 1.165) is 31.7 Å². The standard InChI is InChI=1S/C28H31ClIN3O4S/c1-3-17-31-28(35)26(18-21-7-5-4-6-8-21)32(19-22-9-11-23(29)12-10-22)27(34)20-33(38(2,36)37)25-15-13-24(30)14-16-25/h4-16,26H,3,17-20H2,1-2H3,(H,31,35)/t26-/m1/s1. The minimum absolute atomic E-state index is 0.108. The van der Waals surface area contributed by atoms with Gasteiger partial charge in [-0.2, -0.15) is 0 Å². The van der Waals surface area contributed by atoms with Gasteiger partial charge in [-0.25, -0.2) is 8.42 Å². The molecule has 0 saturated heterocycles. The van der Waals surface area contributed by atoms with E-state index in [9.17, 15) is 18.0 Å². The van der Waals surface area contributed by atoms with Gasteiger partial charge in [0.1, 0.15) is 12.6 Å². The number of sulfonamides is 1. The molecule has 202 valence electrons. The number of hydrogen-bond acceptors (Lipinski definition) is 4. The molecule has 38 heavy (non-hydrogen) atoms. The summed E-state index contributed by atoms with van der Waals surface area (Å²) in [5, 5.41) is 3.47. The Morgan fingerprint density at radius 1 is 0.947 bits per heavy atom. The predicted molar refractivity (Wildman–Crippen MR) is 161 cm³/mol. The fourth-order valence-corrected chi connectivity index (χ4v) is 5.26. The number of nitrogens with one attached hydrogen (secondary N) is 1. The molecule has 0 aliphatic rings. The Kier molecular flexibility index (Phi) is 11.0. The smallest absolute Gasteiger partial charge is 0.244 e. The Hall–Kier alpha value is -2.63. The van der Waals surface area contributed by atoms with Crippen molar-refractivity contribution in [1.82, 2.24) is 10.2 Å². The van der Waals surface area contributed by atoms with Gasteiger partial charge in [0, 0.05) is 28.1 Å². The lowest BCUT2D eigenvalue weighted by molar-refractivity contribution is -0.140. The van der Waals surface area contributed by atoms with Crippen molar-refractivity contribution >= 4 is 61.7 Å². The maximum atomic E-state index is 13.9. The SMILES string of the molecule is CCCNC(=O)[C@@H](Cc1ccccc1)N(Cc1ccc(Cl)cc1)C(=O)CN(c1ccc(I)cc1)S(C)(=O)=O. The van der Waals surface area contributed by atoms with Crippen LogP contribution in [-0.4, -0.2) is 50.5 Å². The van der Waals surface area contributed by atoms with Crippen LogP contribution in [0.4, 0.5) is 5.69 Å². The van der Waals surface area contributed by atoms with Gasteiger partial charge in [0.25, 0.3) is 0 Å². The van der Waals surface area contributed by atoms with Crippen LogP contribution < -0.4 is 9.62 Å². The molecule has 3 aromatic carbocycles. The molecular formula is C28H31ClIN3O4S. The highest BCUT2D eigenvalue weighted by molar-refractivity contribution is 14.1. The van der Waals surface area contributed by atoms with Gasteiger partial charge in [-0.15, -0.1) is 0 Å². The normalized spacial score (nSPS) is 12.0. The van der Waals surface area contributed by atoms with Crippen molar-refractivity contribution in [3.63, 3.8) is 0 Å². The van der Waals surface area contributed by atoms with Gasteiger partial charge in [-0.3, -0.25) is 13.9 Å². The highest BCUT2D eigenvalue weighted by atomic mass is 127. The Labute approximate surface area is 243 Å². The van der Waals surface area contributed by atoms with Crippen molar-refractivity contribution in [1.29, 1.82) is 0 Å². The zero-order chi connectivity index (χ0) is 27.7. The number of anilines is 1. The lowest BCUT2D eigenvalue weighted by atomic mass is 10.0. The molecule has 10 heteroatoms. The van der Waals surface area contributed by atoms with Crippen LogP contribution in [0, 0.1) is 3.57 Å². The third kappa shape index (κ3) is 8.71. The molecule has 0 heterocycles. The quantitative estimate of drug-likeness (QED) is 0.279. The molecule has 0 radical (unpaired) electrons. The molecule has 0 unspecified atom stereocenters. The molecule has 0 bridgehead atoms. The van der Waals surface area contributed by atoms with Crippen LogP contribution in [0.15, 0.2) is 78.9 Å².